The summed E-state index contributed by atoms with van der Waals surface area (Å²) in [4.78, 5) is 71.7. The Morgan fingerprint density at radius 3 is 2.21 bits per heavy atom. The zero-order valence-corrected chi connectivity index (χ0v) is 20.7. The molecule has 1 aromatic heterocycles. The van der Waals surface area contributed by atoms with Gasteiger partial charge in [0.15, 0.2) is 5.75 Å². The molecule has 10 N–H and O–H groups in total. The van der Waals surface area contributed by atoms with Gasteiger partial charge in [0.05, 0.1) is 6.54 Å². The van der Waals surface area contributed by atoms with Gasteiger partial charge in [0.25, 0.3) is 0 Å². The summed E-state index contributed by atoms with van der Waals surface area (Å²) in [5, 5.41) is 35.2. The number of aromatic hydroxyl groups is 2. The van der Waals surface area contributed by atoms with E-state index in [2.05, 4.69) is 16.0 Å². The van der Waals surface area contributed by atoms with Crippen LogP contribution in [0, 0.1) is 0 Å². The number of phenolic OH excluding ortho intramolecular Hbond substituents is 1. The SMILES string of the molecule is NC(=O)CC[C@H](NC(=O)[C@@H](N)Cn1ccc(=O)c(O)c1)C(=O)NCC(=O)N[C@@H](Cc1ccc(O)cc1)C(=O)O. The van der Waals surface area contributed by atoms with Crippen molar-refractivity contribution in [3.05, 3.63) is 58.5 Å². The van der Waals surface area contributed by atoms with Gasteiger partial charge in [-0.2, -0.15) is 0 Å². The summed E-state index contributed by atoms with van der Waals surface area (Å²) >= 11 is 0. The lowest BCUT2D eigenvalue weighted by Crippen LogP contribution is -2.54. The number of benzene rings is 1. The van der Waals surface area contributed by atoms with Gasteiger partial charge in [0.2, 0.25) is 29.1 Å². The highest BCUT2D eigenvalue weighted by molar-refractivity contribution is 5.93. The number of primary amides is 1. The van der Waals surface area contributed by atoms with Gasteiger partial charge in [0, 0.05) is 37.8 Å². The number of carboxylic acid groups (broad SMARTS) is 1. The number of hydrogen-bond donors (Lipinski definition) is 8. The number of rotatable bonds is 14. The number of carbonyl (C=O) groups is 5. The van der Waals surface area contributed by atoms with E-state index in [0.29, 0.717) is 5.56 Å². The van der Waals surface area contributed by atoms with E-state index in [9.17, 15) is 44.1 Å². The van der Waals surface area contributed by atoms with Crippen LogP contribution in [0.1, 0.15) is 18.4 Å². The van der Waals surface area contributed by atoms with Crippen LogP contribution in [0.25, 0.3) is 0 Å². The summed E-state index contributed by atoms with van der Waals surface area (Å²) < 4.78 is 1.29. The number of phenols is 1. The summed E-state index contributed by atoms with van der Waals surface area (Å²) in [5.41, 5.74) is 10.9. The number of aliphatic carboxylic acids is 1. The molecule has 39 heavy (non-hydrogen) atoms. The molecule has 0 radical (unpaired) electrons. The number of aromatic nitrogens is 1. The average Bonchev–Trinajstić information content (AvgIpc) is 2.87. The van der Waals surface area contributed by atoms with Crippen molar-refractivity contribution in [2.24, 2.45) is 11.5 Å². The van der Waals surface area contributed by atoms with Gasteiger partial charge in [-0.1, -0.05) is 12.1 Å². The second-order valence-corrected chi connectivity index (χ2v) is 8.61. The molecule has 0 saturated carbocycles. The lowest BCUT2D eigenvalue weighted by molar-refractivity contribution is -0.141. The normalized spacial score (nSPS) is 12.9. The van der Waals surface area contributed by atoms with Crippen LogP contribution in [-0.4, -0.2) is 74.2 Å². The number of nitrogens with two attached hydrogens (primary N) is 2. The average molecular weight is 547 g/mol. The van der Waals surface area contributed by atoms with E-state index in [0.717, 1.165) is 12.3 Å². The van der Waals surface area contributed by atoms with Crippen LogP contribution in [0.4, 0.5) is 0 Å². The van der Waals surface area contributed by atoms with Gasteiger partial charge < -0.3 is 47.3 Å². The lowest BCUT2D eigenvalue weighted by Gasteiger charge is -2.21. The second-order valence-electron chi connectivity index (χ2n) is 8.61. The quantitative estimate of drug-likeness (QED) is 0.121. The van der Waals surface area contributed by atoms with Crippen LogP contribution < -0.4 is 32.8 Å². The van der Waals surface area contributed by atoms with E-state index >= 15 is 0 Å². The smallest absolute Gasteiger partial charge is 0.326 e. The second kappa shape index (κ2) is 14.1. The largest absolute Gasteiger partial charge is 0.508 e. The molecular weight excluding hydrogens is 516 g/mol. The van der Waals surface area contributed by atoms with Gasteiger partial charge in [-0.25, -0.2) is 4.79 Å². The minimum absolute atomic E-state index is 0.00716. The fraction of sp³-hybridized carbons (Fsp3) is 0.333. The number of hydrogen-bond acceptors (Lipinski definition) is 9. The molecule has 2 aromatic rings. The highest BCUT2D eigenvalue weighted by Gasteiger charge is 2.26. The zero-order chi connectivity index (χ0) is 29.1. The molecule has 1 heterocycles. The first-order valence-corrected chi connectivity index (χ1v) is 11.7. The Balaban J connectivity index is 1.97. The summed E-state index contributed by atoms with van der Waals surface area (Å²) in [5.74, 6) is -5.10. The van der Waals surface area contributed by atoms with Gasteiger partial charge in [0.1, 0.15) is 23.9 Å². The number of carboxylic acids is 1. The fourth-order valence-corrected chi connectivity index (χ4v) is 3.37. The summed E-state index contributed by atoms with van der Waals surface area (Å²) in [6.45, 7) is -0.798. The topological polar surface area (TPSA) is 256 Å². The van der Waals surface area contributed by atoms with Crippen LogP contribution in [0.3, 0.4) is 0 Å². The van der Waals surface area contributed by atoms with Crippen LogP contribution >= 0.6 is 0 Å². The number of nitrogens with one attached hydrogen (secondary N) is 3. The molecule has 1 aromatic carbocycles. The summed E-state index contributed by atoms with van der Waals surface area (Å²) in [7, 11) is 0. The Bertz CT molecular complexity index is 1260. The minimum atomic E-state index is -1.32. The third-order valence-corrected chi connectivity index (χ3v) is 5.45. The van der Waals surface area contributed by atoms with Crippen molar-refractivity contribution in [3.63, 3.8) is 0 Å². The van der Waals surface area contributed by atoms with Gasteiger partial charge in [-0.3, -0.25) is 24.0 Å². The number of nitrogens with zero attached hydrogens (tertiary/aromatic N) is 1. The van der Waals surface area contributed by atoms with Gasteiger partial charge in [-0.15, -0.1) is 0 Å². The zero-order valence-electron chi connectivity index (χ0n) is 20.7. The maximum absolute atomic E-state index is 12.7. The first-order valence-electron chi connectivity index (χ1n) is 11.7. The van der Waals surface area contributed by atoms with E-state index < -0.39 is 65.4 Å². The van der Waals surface area contributed by atoms with E-state index in [-0.39, 0.29) is 31.6 Å². The fourth-order valence-electron chi connectivity index (χ4n) is 3.37. The molecule has 0 unspecified atom stereocenters. The predicted octanol–water partition coefficient (Wildman–Crippen LogP) is -2.73. The van der Waals surface area contributed by atoms with Gasteiger partial charge >= 0.3 is 5.97 Å². The maximum atomic E-state index is 12.7. The standard InChI is InChI=1S/C24H30N6O9/c25-15(11-30-8-7-18(32)19(33)12-30)22(36)29-16(5-6-20(26)34)23(37)27-10-21(35)28-17(24(38)39)9-13-1-3-14(31)4-2-13/h1-4,7-8,12,15-17,31,33H,5-6,9-11,25H2,(H2,26,34)(H,27,37)(H,28,35)(H,29,36)(H,38,39)/t15-,16-,17-/m0/s1. The molecule has 210 valence electrons. The molecule has 0 fully saturated rings. The van der Waals surface area contributed by atoms with Crippen molar-refractivity contribution in [1.82, 2.24) is 20.5 Å². The highest BCUT2D eigenvalue weighted by Crippen LogP contribution is 2.11. The van der Waals surface area contributed by atoms with E-state index in [1.54, 1.807) is 0 Å². The van der Waals surface area contributed by atoms with E-state index in [4.69, 9.17) is 11.5 Å². The minimum Gasteiger partial charge on any atom is -0.508 e. The monoisotopic (exact) mass is 546 g/mol. The van der Waals surface area contributed by atoms with Crippen LogP contribution in [-0.2, 0) is 36.9 Å². The molecule has 0 spiro atoms. The Morgan fingerprint density at radius 2 is 1.62 bits per heavy atom. The Kier molecular flexibility index (Phi) is 11.0. The van der Waals surface area contributed by atoms with Crippen molar-refractivity contribution < 1.29 is 39.3 Å². The molecule has 4 amide bonds. The maximum Gasteiger partial charge on any atom is 0.326 e. The molecule has 0 aliphatic heterocycles. The molecule has 0 aliphatic rings. The van der Waals surface area contributed by atoms with Crippen LogP contribution in [0.2, 0.25) is 0 Å². The van der Waals surface area contributed by atoms with Gasteiger partial charge in [-0.05, 0) is 24.1 Å². The van der Waals surface area contributed by atoms with E-state index in [1.165, 1.54) is 35.0 Å². The highest BCUT2D eigenvalue weighted by atomic mass is 16.4. The van der Waals surface area contributed by atoms with Crippen LogP contribution in [0.5, 0.6) is 11.5 Å². The van der Waals surface area contributed by atoms with Crippen molar-refractivity contribution >= 4 is 29.6 Å². The Labute approximate surface area is 221 Å². The Morgan fingerprint density at radius 1 is 0.949 bits per heavy atom. The van der Waals surface area contributed by atoms with Crippen molar-refractivity contribution in [1.29, 1.82) is 0 Å². The molecule has 15 nitrogen and oxygen atoms in total. The third-order valence-electron chi connectivity index (χ3n) is 5.45. The van der Waals surface area contributed by atoms with Crippen LogP contribution in [0.15, 0.2) is 47.5 Å². The summed E-state index contributed by atoms with van der Waals surface area (Å²) in [6.07, 6.45) is 1.81. The molecule has 2 rings (SSSR count). The molecular formula is C24H30N6O9. The number of carbonyl (C=O) groups excluding carboxylic acids is 4. The number of amides is 4. The molecule has 0 saturated heterocycles. The molecule has 3 atom stereocenters. The third kappa shape index (κ3) is 10.2. The first kappa shape index (κ1) is 30.3. The van der Waals surface area contributed by atoms with Crippen molar-refractivity contribution in [3.8, 4) is 11.5 Å². The number of pyridine rings is 1. The molecule has 15 heteroatoms. The molecule has 0 aliphatic carbocycles. The van der Waals surface area contributed by atoms with Crippen molar-refractivity contribution in [2.45, 2.75) is 43.9 Å². The lowest BCUT2D eigenvalue weighted by atomic mass is 10.1. The molecule has 0 bridgehead atoms. The Hall–Kier alpha value is -4.92. The predicted molar refractivity (Wildman–Crippen MR) is 135 cm³/mol. The summed E-state index contributed by atoms with van der Waals surface area (Å²) in [6, 6.07) is 2.95. The van der Waals surface area contributed by atoms with Crippen molar-refractivity contribution in [2.75, 3.05) is 6.54 Å². The first-order chi connectivity index (χ1) is 18.3. The van der Waals surface area contributed by atoms with E-state index in [1.807, 2.05) is 0 Å².